The van der Waals surface area contributed by atoms with Gasteiger partial charge < -0.3 is 9.67 Å². The molecule has 0 aliphatic rings. The Morgan fingerprint density at radius 3 is 2.57 bits per heavy atom. The zero-order valence-corrected chi connectivity index (χ0v) is 14.0. The Balaban J connectivity index is 1.77. The topological polar surface area (TPSA) is 42.2 Å². The predicted molar refractivity (Wildman–Crippen MR) is 93.7 cm³/mol. The second kappa shape index (κ2) is 7.02. The minimum Gasteiger partial charge on any atom is -0.477 e. The molecule has 1 N–H and O–H groups in total. The van der Waals surface area contributed by atoms with Gasteiger partial charge in [0.05, 0.1) is 0 Å². The molecule has 0 saturated heterocycles. The number of rotatable bonds is 6. The normalized spacial score (nSPS) is 10.8. The molecular formula is C18H16ClNO2S. The lowest BCUT2D eigenvalue weighted by molar-refractivity contribution is 0.0685. The Morgan fingerprint density at radius 1 is 1.13 bits per heavy atom. The van der Waals surface area contributed by atoms with Crippen LogP contribution in [0.4, 0.5) is 0 Å². The van der Waals surface area contributed by atoms with E-state index < -0.39 is 5.97 Å². The van der Waals surface area contributed by atoms with E-state index in [1.807, 2.05) is 40.4 Å². The van der Waals surface area contributed by atoms with E-state index in [4.69, 9.17) is 11.6 Å². The van der Waals surface area contributed by atoms with Crippen molar-refractivity contribution in [2.75, 3.05) is 0 Å². The van der Waals surface area contributed by atoms with Crippen LogP contribution in [-0.2, 0) is 19.4 Å². The first-order chi connectivity index (χ1) is 11.1. The van der Waals surface area contributed by atoms with E-state index in [1.165, 1.54) is 5.56 Å². The second-order valence-corrected chi connectivity index (χ2v) is 6.63. The third kappa shape index (κ3) is 4.03. The van der Waals surface area contributed by atoms with Crippen molar-refractivity contribution in [3.05, 3.63) is 80.8 Å². The van der Waals surface area contributed by atoms with Crippen molar-refractivity contribution in [3.63, 3.8) is 0 Å². The highest BCUT2D eigenvalue weighted by molar-refractivity contribution is 7.07. The molecule has 23 heavy (non-hydrogen) atoms. The van der Waals surface area contributed by atoms with Crippen molar-refractivity contribution in [3.8, 4) is 0 Å². The molecule has 0 radical (unpaired) electrons. The Labute approximate surface area is 143 Å². The highest BCUT2D eigenvalue weighted by Crippen LogP contribution is 2.17. The van der Waals surface area contributed by atoms with Gasteiger partial charge in [-0.1, -0.05) is 23.7 Å². The summed E-state index contributed by atoms with van der Waals surface area (Å²) >= 11 is 7.55. The minimum atomic E-state index is -0.891. The third-order valence-corrected chi connectivity index (χ3v) is 4.70. The number of halogens is 1. The fraction of sp³-hybridized carbons (Fsp3) is 0.167. The Hall–Kier alpha value is -2.04. The zero-order chi connectivity index (χ0) is 16.2. The highest BCUT2D eigenvalue weighted by Gasteiger charge is 2.13. The summed E-state index contributed by atoms with van der Waals surface area (Å²) < 4.78 is 1.82. The number of hydrogen-bond donors (Lipinski definition) is 1. The molecule has 1 aromatic carbocycles. The maximum absolute atomic E-state index is 11.5. The lowest BCUT2D eigenvalue weighted by Gasteiger charge is -2.05. The Morgan fingerprint density at radius 2 is 1.91 bits per heavy atom. The van der Waals surface area contributed by atoms with Crippen LogP contribution in [0.3, 0.4) is 0 Å². The molecule has 2 aromatic heterocycles. The SMILES string of the molecule is O=C(O)c1cc(Cc2ccc(Cl)cc2)cn1CCc1ccsc1. The van der Waals surface area contributed by atoms with Gasteiger partial charge in [0.15, 0.2) is 0 Å². The molecule has 118 valence electrons. The van der Waals surface area contributed by atoms with Crippen LogP contribution in [0.2, 0.25) is 5.02 Å². The molecule has 2 heterocycles. The smallest absolute Gasteiger partial charge is 0.352 e. The summed E-state index contributed by atoms with van der Waals surface area (Å²) in [7, 11) is 0. The van der Waals surface area contributed by atoms with Crippen LogP contribution in [0, 0.1) is 0 Å². The number of aromatic carboxylic acids is 1. The van der Waals surface area contributed by atoms with Gasteiger partial charge in [-0.25, -0.2) is 4.79 Å². The number of carboxylic acid groups (broad SMARTS) is 1. The van der Waals surface area contributed by atoms with E-state index in [9.17, 15) is 9.90 Å². The van der Waals surface area contributed by atoms with Crippen LogP contribution >= 0.6 is 22.9 Å². The lowest BCUT2D eigenvalue weighted by atomic mass is 10.1. The van der Waals surface area contributed by atoms with Gasteiger partial charge in [0, 0.05) is 17.8 Å². The molecule has 0 saturated carbocycles. The average Bonchev–Trinajstić information content (AvgIpc) is 3.17. The summed E-state index contributed by atoms with van der Waals surface area (Å²) in [6.07, 6.45) is 3.46. The van der Waals surface area contributed by atoms with Crippen molar-refractivity contribution in [2.24, 2.45) is 0 Å². The van der Waals surface area contributed by atoms with E-state index in [0.29, 0.717) is 23.7 Å². The number of carbonyl (C=O) groups is 1. The van der Waals surface area contributed by atoms with Gasteiger partial charge in [-0.3, -0.25) is 0 Å². The van der Waals surface area contributed by atoms with E-state index in [1.54, 1.807) is 17.4 Å². The molecule has 0 amide bonds. The van der Waals surface area contributed by atoms with Crippen LogP contribution in [-0.4, -0.2) is 15.6 Å². The third-order valence-electron chi connectivity index (χ3n) is 3.72. The number of nitrogens with zero attached hydrogens (tertiary/aromatic N) is 1. The number of aromatic nitrogens is 1. The van der Waals surface area contributed by atoms with Crippen molar-refractivity contribution in [2.45, 2.75) is 19.4 Å². The van der Waals surface area contributed by atoms with Gasteiger partial charge in [-0.05, 0) is 64.6 Å². The van der Waals surface area contributed by atoms with Crippen molar-refractivity contribution >= 4 is 28.9 Å². The second-order valence-electron chi connectivity index (χ2n) is 5.42. The van der Waals surface area contributed by atoms with Crippen LogP contribution in [0.5, 0.6) is 0 Å². The monoisotopic (exact) mass is 345 g/mol. The Kier molecular flexibility index (Phi) is 4.84. The fourth-order valence-corrected chi connectivity index (χ4v) is 3.38. The number of aryl methyl sites for hydroxylation is 2. The van der Waals surface area contributed by atoms with Crippen LogP contribution < -0.4 is 0 Å². The molecule has 0 unspecified atom stereocenters. The summed E-state index contributed by atoms with van der Waals surface area (Å²) in [5.41, 5.74) is 3.68. The van der Waals surface area contributed by atoms with Gasteiger partial charge in [0.1, 0.15) is 5.69 Å². The van der Waals surface area contributed by atoms with Crippen molar-refractivity contribution in [1.29, 1.82) is 0 Å². The first-order valence-electron chi connectivity index (χ1n) is 7.29. The summed E-state index contributed by atoms with van der Waals surface area (Å²) in [5, 5.41) is 14.2. The van der Waals surface area contributed by atoms with E-state index in [-0.39, 0.29) is 0 Å². The number of thiophene rings is 1. The number of carboxylic acids is 1. The first-order valence-corrected chi connectivity index (χ1v) is 8.62. The number of hydrogen-bond acceptors (Lipinski definition) is 2. The molecule has 5 heteroatoms. The molecule has 0 fully saturated rings. The maximum atomic E-state index is 11.5. The van der Waals surface area contributed by atoms with Gasteiger partial charge in [-0.2, -0.15) is 11.3 Å². The summed E-state index contributed by atoms with van der Waals surface area (Å²) in [6, 6.07) is 11.5. The maximum Gasteiger partial charge on any atom is 0.352 e. The Bertz CT molecular complexity index is 791. The standard InChI is InChI=1S/C18H16ClNO2S/c19-16-3-1-13(2-4-16)9-15-10-17(18(21)22)20(11-15)7-5-14-6-8-23-12-14/h1-4,6,8,10-12H,5,7,9H2,(H,21,22). The fourth-order valence-electron chi connectivity index (χ4n) is 2.55. The van der Waals surface area contributed by atoms with E-state index >= 15 is 0 Å². The van der Waals surface area contributed by atoms with Crippen LogP contribution in [0.15, 0.2) is 53.4 Å². The predicted octanol–water partition coefficient (Wildman–Crippen LogP) is 4.73. The molecule has 3 aromatic rings. The van der Waals surface area contributed by atoms with Gasteiger partial charge in [0.25, 0.3) is 0 Å². The van der Waals surface area contributed by atoms with E-state index in [0.717, 1.165) is 17.5 Å². The molecule has 3 rings (SSSR count). The molecule has 0 aliphatic heterocycles. The molecule has 0 bridgehead atoms. The molecule has 0 atom stereocenters. The van der Waals surface area contributed by atoms with E-state index in [2.05, 4.69) is 11.4 Å². The highest BCUT2D eigenvalue weighted by atomic mass is 35.5. The molecular weight excluding hydrogens is 330 g/mol. The van der Waals surface area contributed by atoms with Gasteiger partial charge in [-0.15, -0.1) is 0 Å². The quantitative estimate of drug-likeness (QED) is 0.701. The first kappa shape index (κ1) is 15.8. The van der Waals surface area contributed by atoms with Crippen molar-refractivity contribution in [1.82, 2.24) is 4.57 Å². The summed E-state index contributed by atoms with van der Waals surface area (Å²) in [4.78, 5) is 11.5. The van der Waals surface area contributed by atoms with Gasteiger partial charge >= 0.3 is 5.97 Å². The molecule has 0 spiro atoms. The molecule has 0 aliphatic carbocycles. The number of benzene rings is 1. The average molecular weight is 346 g/mol. The van der Waals surface area contributed by atoms with Crippen molar-refractivity contribution < 1.29 is 9.90 Å². The van der Waals surface area contributed by atoms with Crippen LogP contribution in [0.25, 0.3) is 0 Å². The zero-order valence-electron chi connectivity index (χ0n) is 12.4. The minimum absolute atomic E-state index is 0.337. The summed E-state index contributed by atoms with van der Waals surface area (Å²) in [6.45, 7) is 0.666. The largest absolute Gasteiger partial charge is 0.477 e. The lowest BCUT2D eigenvalue weighted by Crippen LogP contribution is -2.08. The van der Waals surface area contributed by atoms with Crippen LogP contribution in [0.1, 0.15) is 27.2 Å². The van der Waals surface area contributed by atoms with Gasteiger partial charge in [0.2, 0.25) is 0 Å². The summed E-state index contributed by atoms with van der Waals surface area (Å²) in [5.74, 6) is -0.891. The molecule has 3 nitrogen and oxygen atoms in total.